The van der Waals surface area contributed by atoms with Gasteiger partial charge in [-0.15, -0.1) is 0 Å². The molecular weight excluding hydrogens is 340 g/mol. The first-order valence-corrected chi connectivity index (χ1v) is 9.94. The minimum Gasteiger partial charge on any atom is -0.277 e. The van der Waals surface area contributed by atoms with Crippen molar-refractivity contribution in [2.45, 2.75) is 57.5 Å². The average Bonchev–Trinajstić information content (AvgIpc) is 3.20. The maximum Gasteiger partial charge on any atom is 0.235 e. The van der Waals surface area contributed by atoms with Gasteiger partial charge in [0.1, 0.15) is 0 Å². The van der Waals surface area contributed by atoms with Crippen molar-refractivity contribution in [2.24, 2.45) is 16.9 Å². The van der Waals surface area contributed by atoms with Crippen molar-refractivity contribution in [3.05, 3.63) is 30.3 Å². The number of hydrazine groups is 1. The fourth-order valence-electron chi connectivity index (χ4n) is 5.59. The highest BCUT2D eigenvalue weighted by molar-refractivity contribution is 6.12. The van der Waals surface area contributed by atoms with Crippen LogP contribution in [0.4, 0.5) is 5.69 Å². The van der Waals surface area contributed by atoms with Gasteiger partial charge in [-0.25, -0.2) is 0 Å². The minimum atomic E-state index is -0.482. The molecule has 142 valence electrons. The number of carbonyl (C=O) groups is 2. The zero-order valence-electron chi connectivity index (χ0n) is 16.2. The molecule has 3 heterocycles. The molecule has 1 saturated carbocycles. The summed E-state index contributed by atoms with van der Waals surface area (Å²) in [6.45, 7) is 6.39. The van der Waals surface area contributed by atoms with Crippen LogP contribution in [0.3, 0.4) is 0 Å². The summed E-state index contributed by atoms with van der Waals surface area (Å²) in [6, 6.07) is 10.1. The molecule has 1 aromatic carbocycles. The highest BCUT2D eigenvalue weighted by atomic mass is 16.2. The van der Waals surface area contributed by atoms with E-state index < -0.39 is 11.1 Å². The number of anilines is 1. The van der Waals surface area contributed by atoms with E-state index in [1.165, 1.54) is 4.90 Å². The van der Waals surface area contributed by atoms with E-state index in [1.807, 2.05) is 56.2 Å². The van der Waals surface area contributed by atoms with E-state index in [-0.39, 0.29) is 23.7 Å². The Labute approximate surface area is 159 Å². The molecule has 3 aliphatic heterocycles. The van der Waals surface area contributed by atoms with Crippen LogP contribution in [-0.4, -0.2) is 45.1 Å². The van der Waals surface area contributed by atoms with Crippen molar-refractivity contribution < 1.29 is 9.59 Å². The molecule has 3 atom stereocenters. The molecule has 6 nitrogen and oxygen atoms in total. The lowest BCUT2D eigenvalue weighted by Crippen LogP contribution is -2.58. The molecule has 6 heteroatoms. The molecule has 0 aromatic heterocycles. The molecular formula is C21H26N4O2. The van der Waals surface area contributed by atoms with Crippen LogP contribution in [0.1, 0.15) is 46.5 Å². The second-order valence-electron chi connectivity index (χ2n) is 9.15. The van der Waals surface area contributed by atoms with Crippen LogP contribution in [-0.2, 0) is 9.59 Å². The number of fused-ring (bicyclic) bond motifs is 1. The van der Waals surface area contributed by atoms with Crippen LogP contribution >= 0.6 is 0 Å². The Kier molecular flexibility index (Phi) is 3.39. The van der Waals surface area contributed by atoms with Gasteiger partial charge in [-0.05, 0) is 52.2 Å². The fraction of sp³-hybridized carbons (Fsp3) is 0.571. The van der Waals surface area contributed by atoms with E-state index in [4.69, 9.17) is 5.10 Å². The van der Waals surface area contributed by atoms with E-state index in [0.29, 0.717) is 6.54 Å². The SMILES string of the molecule is CC(C)(C)N1C(=O)[C@@H]2[C@@H](CN3N(c4ccccc4)N=C4CCCC[C@]423)C1=O. The smallest absolute Gasteiger partial charge is 0.235 e. The number of benzene rings is 1. The van der Waals surface area contributed by atoms with Crippen LogP contribution in [0.15, 0.2) is 35.4 Å². The van der Waals surface area contributed by atoms with E-state index in [0.717, 1.165) is 37.1 Å². The van der Waals surface area contributed by atoms with Crippen molar-refractivity contribution in [2.75, 3.05) is 11.7 Å². The Hall–Kier alpha value is -2.21. The molecule has 1 spiro atoms. The molecule has 1 aliphatic carbocycles. The van der Waals surface area contributed by atoms with Gasteiger partial charge in [0.05, 0.1) is 28.8 Å². The Balaban J connectivity index is 1.61. The number of para-hydroxylation sites is 1. The number of likely N-dealkylation sites (tertiary alicyclic amines) is 1. The standard InChI is InChI=1S/C21H26N4O2/c1-20(2,3)24-18(26)15-13-23-21(17(15)19(24)27)12-8-7-11-16(21)22-25(23)14-9-5-4-6-10-14/h4-6,9-10,15,17H,7-8,11-13H2,1-3H3/t15-,17+,21+/m1/s1. The lowest BCUT2D eigenvalue weighted by molar-refractivity contribution is -0.147. The summed E-state index contributed by atoms with van der Waals surface area (Å²) in [6.07, 6.45) is 3.96. The molecule has 0 radical (unpaired) electrons. The first kappa shape index (κ1) is 16.9. The van der Waals surface area contributed by atoms with E-state index in [9.17, 15) is 9.59 Å². The number of imide groups is 1. The van der Waals surface area contributed by atoms with E-state index in [1.54, 1.807) is 0 Å². The number of rotatable bonds is 1. The quantitative estimate of drug-likeness (QED) is 0.717. The number of hydrogen-bond donors (Lipinski definition) is 0. The van der Waals surface area contributed by atoms with Gasteiger partial charge in [-0.3, -0.25) is 14.5 Å². The van der Waals surface area contributed by atoms with Crippen LogP contribution in [0, 0.1) is 11.8 Å². The predicted molar refractivity (Wildman–Crippen MR) is 103 cm³/mol. The summed E-state index contributed by atoms with van der Waals surface area (Å²) in [5.41, 5.74) is 1.17. The van der Waals surface area contributed by atoms with Crippen LogP contribution in [0.5, 0.6) is 0 Å². The Morgan fingerprint density at radius 2 is 1.81 bits per heavy atom. The third-order valence-corrected chi connectivity index (χ3v) is 6.59. The van der Waals surface area contributed by atoms with Gasteiger partial charge < -0.3 is 0 Å². The molecule has 0 bridgehead atoms. The van der Waals surface area contributed by atoms with Crippen LogP contribution < -0.4 is 5.12 Å². The number of carbonyl (C=O) groups excluding carboxylic acids is 2. The molecule has 27 heavy (non-hydrogen) atoms. The van der Waals surface area contributed by atoms with Gasteiger partial charge in [0.15, 0.2) is 0 Å². The third kappa shape index (κ3) is 2.07. The molecule has 1 aromatic rings. The van der Waals surface area contributed by atoms with Crippen molar-refractivity contribution in [1.29, 1.82) is 0 Å². The van der Waals surface area contributed by atoms with Gasteiger partial charge in [-0.2, -0.15) is 15.2 Å². The number of hydrazone groups is 1. The summed E-state index contributed by atoms with van der Waals surface area (Å²) in [5.74, 6) is -0.604. The first-order valence-electron chi connectivity index (χ1n) is 9.94. The zero-order chi connectivity index (χ0) is 19.0. The molecule has 0 unspecified atom stereocenters. The third-order valence-electron chi connectivity index (χ3n) is 6.59. The minimum absolute atomic E-state index is 0.00971. The monoisotopic (exact) mass is 366 g/mol. The van der Waals surface area contributed by atoms with Crippen LogP contribution in [0.25, 0.3) is 0 Å². The summed E-state index contributed by atoms with van der Waals surface area (Å²) in [4.78, 5) is 28.2. The lowest BCUT2D eigenvalue weighted by atomic mass is 9.70. The summed E-state index contributed by atoms with van der Waals surface area (Å²) in [7, 11) is 0. The van der Waals surface area contributed by atoms with Gasteiger partial charge >= 0.3 is 0 Å². The largest absolute Gasteiger partial charge is 0.277 e. The summed E-state index contributed by atoms with van der Waals surface area (Å²) < 4.78 is 0. The molecule has 5 rings (SSSR count). The Bertz CT molecular complexity index is 843. The number of hydrogen-bond acceptors (Lipinski definition) is 5. The van der Waals surface area contributed by atoms with Gasteiger partial charge in [0.25, 0.3) is 0 Å². The summed E-state index contributed by atoms with van der Waals surface area (Å²) >= 11 is 0. The zero-order valence-corrected chi connectivity index (χ0v) is 16.2. The second-order valence-corrected chi connectivity index (χ2v) is 9.15. The fourth-order valence-corrected chi connectivity index (χ4v) is 5.59. The second kappa shape index (κ2) is 5.41. The predicted octanol–water partition coefficient (Wildman–Crippen LogP) is 2.81. The van der Waals surface area contributed by atoms with Gasteiger partial charge in [0.2, 0.25) is 11.8 Å². The van der Waals surface area contributed by atoms with Crippen molar-refractivity contribution in [1.82, 2.24) is 9.91 Å². The van der Waals surface area contributed by atoms with Crippen molar-refractivity contribution in [3.8, 4) is 0 Å². The highest BCUT2D eigenvalue weighted by Gasteiger charge is 2.70. The Morgan fingerprint density at radius 1 is 1.07 bits per heavy atom. The highest BCUT2D eigenvalue weighted by Crippen LogP contribution is 2.55. The maximum absolute atomic E-state index is 13.5. The number of amides is 2. The molecule has 4 aliphatic rings. The topological polar surface area (TPSA) is 56.2 Å². The molecule has 2 amide bonds. The van der Waals surface area contributed by atoms with Crippen molar-refractivity contribution in [3.63, 3.8) is 0 Å². The van der Waals surface area contributed by atoms with E-state index in [2.05, 4.69) is 5.01 Å². The normalized spacial score (nSPS) is 33.2. The average molecular weight is 366 g/mol. The maximum atomic E-state index is 13.5. The molecule has 2 saturated heterocycles. The lowest BCUT2D eigenvalue weighted by Gasteiger charge is -2.42. The van der Waals surface area contributed by atoms with Crippen molar-refractivity contribution >= 4 is 23.2 Å². The summed E-state index contributed by atoms with van der Waals surface area (Å²) in [5, 5.41) is 9.14. The van der Waals surface area contributed by atoms with Gasteiger partial charge in [0, 0.05) is 12.1 Å². The first-order chi connectivity index (χ1) is 12.9. The molecule has 3 fully saturated rings. The molecule has 0 N–H and O–H groups in total. The van der Waals surface area contributed by atoms with Gasteiger partial charge in [-0.1, -0.05) is 24.6 Å². The number of nitrogens with zero attached hydrogens (tertiary/aromatic N) is 4. The van der Waals surface area contributed by atoms with E-state index >= 15 is 0 Å². The van der Waals surface area contributed by atoms with Crippen LogP contribution in [0.2, 0.25) is 0 Å². The Morgan fingerprint density at radius 3 is 2.52 bits per heavy atom.